The van der Waals surface area contributed by atoms with Crippen LogP contribution in [0.1, 0.15) is 41.0 Å². The monoisotopic (exact) mass is 418 g/mol. The van der Waals surface area contributed by atoms with Crippen LogP contribution in [0.15, 0.2) is 54.6 Å². The number of rotatable bonds is 8. The summed E-state index contributed by atoms with van der Waals surface area (Å²) < 4.78 is 5.32. The molecule has 1 heterocycles. The SMILES string of the molecule is CCc1nc2ccccc2c(C(=O)OCC(=O)N[C@H](Cc2ccccc2)C(C)=O)c1C. The summed E-state index contributed by atoms with van der Waals surface area (Å²) in [4.78, 5) is 41.8. The summed E-state index contributed by atoms with van der Waals surface area (Å²) >= 11 is 0. The van der Waals surface area contributed by atoms with Crippen LogP contribution < -0.4 is 5.32 Å². The lowest BCUT2D eigenvalue weighted by molar-refractivity contribution is -0.128. The lowest BCUT2D eigenvalue weighted by atomic mass is 10.0. The summed E-state index contributed by atoms with van der Waals surface area (Å²) in [6.07, 6.45) is 1.06. The molecule has 3 aromatic rings. The van der Waals surface area contributed by atoms with Crippen molar-refractivity contribution in [2.24, 2.45) is 0 Å². The van der Waals surface area contributed by atoms with Crippen molar-refractivity contribution in [3.8, 4) is 0 Å². The minimum Gasteiger partial charge on any atom is -0.452 e. The number of amides is 1. The molecule has 31 heavy (non-hydrogen) atoms. The van der Waals surface area contributed by atoms with Gasteiger partial charge in [0.1, 0.15) is 0 Å². The Balaban J connectivity index is 1.71. The normalized spacial score (nSPS) is 11.7. The quantitative estimate of drug-likeness (QED) is 0.565. The molecule has 0 saturated heterocycles. The van der Waals surface area contributed by atoms with Crippen LogP contribution >= 0.6 is 0 Å². The van der Waals surface area contributed by atoms with Crippen molar-refractivity contribution in [1.29, 1.82) is 0 Å². The van der Waals surface area contributed by atoms with E-state index in [4.69, 9.17) is 4.74 Å². The third-order valence-electron chi connectivity index (χ3n) is 5.22. The number of para-hydroxylation sites is 1. The Morgan fingerprint density at radius 3 is 2.39 bits per heavy atom. The molecule has 0 unspecified atom stereocenters. The van der Waals surface area contributed by atoms with Gasteiger partial charge in [-0.15, -0.1) is 0 Å². The van der Waals surface area contributed by atoms with E-state index in [-0.39, 0.29) is 5.78 Å². The van der Waals surface area contributed by atoms with E-state index < -0.39 is 24.5 Å². The predicted molar refractivity (Wildman–Crippen MR) is 119 cm³/mol. The molecule has 6 nitrogen and oxygen atoms in total. The second-order valence-electron chi connectivity index (χ2n) is 7.43. The van der Waals surface area contributed by atoms with E-state index in [0.717, 1.165) is 16.8 Å². The maximum atomic E-state index is 12.9. The van der Waals surface area contributed by atoms with Crippen molar-refractivity contribution in [3.05, 3.63) is 77.0 Å². The van der Waals surface area contributed by atoms with Crippen LogP contribution in [0.4, 0.5) is 0 Å². The van der Waals surface area contributed by atoms with E-state index >= 15 is 0 Å². The number of carbonyl (C=O) groups excluding carboxylic acids is 3. The summed E-state index contributed by atoms with van der Waals surface area (Å²) in [7, 11) is 0. The number of aryl methyl sites for hydroxylation is 1. The van der Waals surface area contributed by atoms with E-state index in [9.17, 15) is 14.4 Å². The maximum absolute atomic E-state index is 12.9. The van der Waals surface area contributed by atoms with Crippen LogP contribution in [0.2, 0.25) is 0 Å². The Bertz CT molecular complexity index is 1110. The number of Topliss-reactive ketones (excluding diaryl/α,β-unsaturated/α-hetero) is 1. The maximum Gasteiger partial charge on any atom is 0.339 e. The van der Waals surface area contributed by atoms with Gasteiger partial charge in [-0.1, -0.05) is 55.5 Å². The first-order valence-electron chi connectivity index (χ1n) is 10.3. The summed E-state index contributed by atoms with van der Waals surface area (Å²) in [6.45, 7) is 4.77. The zero-order chi connectivity index (χ0) is 22.4. The largest absolute Gasteiger partial charge is 0.452 e. The predicted octanol–water partition coefficient (Wildman–Crippen LogP) is 3.58. The van der Waals surface area contributed by atoms with Gasteiger partial charge in [-0.2, -0.15) is 0 Å². The molecule has 0 radical (unpaired) electrons. The number of hydrogen-bond donors (Lipinski definition) is 1. The summed E-state index contributed by atoms with van der Waals surface area (Å²) in [5, 5.41) is 3.36. The van der Waals surface area contributed by atoms with Gasteiger partial charge in [0.25, 0.3) is 5.91 Å². The number of nitrogens with zero attached hydrogens (tertiary/aromatic N) is 1. The number of esters is 1. The van der Waals surface area contributed by atoms with Gasteiger partial charge in [-0.25, -0.2) is 4.79 Å². The highest BCUT2D eigenvalue weighted by Crippen LogP contribution is 2.24. The molecule has 3 rings (SSSR count). The number of benzene rings is 2. The molecule has 0 fully saturated rings. The number of hydrogen-bond acceptors (Lipinski definition) is 5. The first-order valence-corrected chi connectivity index (χ1v) is 10.3. The lowest BCUT2D eigenvalue weighted by Crippen LogP contribution is -2.43. The molecule has 0 aliphatic heterocycles. The van der Waals surface area contributed by atoms with E-state index in [1.165, 1.54) is 6.92 Å². The van der Waals surface area contributed by atoms with Gasteiger partial charge in [0.05, 0.1) is 17.1 Å². The van der Waals surface area contributed by atoms with Crippen molar-refractivity contribution >= 4 is 28.6 Å². The number of ether oxygens (including phenoxy) is 1. The highest BCUT2D eigenvalue weighted by Gasteiger charge is 2.21. The van der Waals surface area contributed by atoms with Gasteiger partial charge in [0.15, 0.2) is 12.4 Å². The van der Waals surface area contributed by atoms with Crippen LogP contribution in [-0.4, -0.2) is 35.3 Å². The topological polar surface area (TPSA) is 85.4 Å². The standard InChI is InChI=1S/C25H26N2O4/c1-4-20-16(2)24(19-12-8-9-13-21(19)26-20)25(30)31-15-23(29)27-22(17(3)28)14-18-10-6-5-7-11-18/h5-13,22H,4,14-15H2,1-3H3,(H,27,29)/t22-/m1/s1. The minimum absolute atomic E-state index is 0.160. The molecule has 2 aromatic carbocycles. The lowest BCUT2D eigenvalue weighted by Gasteiger charge is -2.17. The average Bonchev–Trinajstić information content (AvgIpc) is 2.77. The zero-order valence-electron chi connectivity index (χ0n) is 18.0. The molecule has 6 heteroatoms. The fourth-order valence-corrected chi connectivity index (χ4v) is 3.55. The molecule has 1 amide bonds. The Labute approximate surface area is 181 Å². The molecule has 0 spiro atoms. The van der Waals surface area contributed by atoms with Crippen LogP contribution in [-0.2, 0) is 27.2 Å². The van der Waals surface area contributed by atoms with E-state index in [0.29, 0.717) is 29.3 Å². The van der Waals surface area contributed by atoms with Crippen LogP contribution in [0.5, 0.6) is 0 Å². The second kappa shape index (κ2) is 9.98. The number of fused-ring (bicyclic) bond motifs is 1. The number of pyridine rings is 1. The minimum atomic E-state index is -0.677. The Morgan fingerprint density at radius 1 is 1.03 bits per heavy atom. The zero-order valence-corrected chi connectivity index (χ0v) is 18.0. The molecule has 1 atom stereocenters. The van der Waals surface area contributed by atoms with E-state index in [1.54, 1.807) is 0 Å². The first kappa shape index (κ1) is 22.2. The molecule has 0 aliphatic rings. The van der Waals surface area contributed by atoms with Crippen molar-refractivity contribution < 1.29 is 19.1 Å². The van der Waals surface area contributed by atoms with Crippen LogP contribution in [0, 0.1) is 6.92 Å². The molecule has 0 aliphatic carbocycles. The number of nitrogens with one attached hydrogen (secondary N) is 1. The Morgan fingerprint density at radius 2 is 1.71 bits per heavy atom. The number of aromatic nitrogens is 1. The smallest absolute Gasteiger partial charge is 0.339 e. The molecular weight excluding hydrogens is 392 g/mol. The summed E-state index contributed by atoms with van der Waals surface area (Å²) in [5.41, 5.74) is 3.63. The van der Waals surface area contributed by atoms with Crippen molar-refractivity contribution in [2.45, 2.75) is 39.7 Å². The summed E-state index contributed by atoms with van der Waals surface area (Å²) in [5.74, 6) is -1.26. The molecule has 0 bridgehead atoms. The molecule has 0 saturated carbocycles. The number of carbonyl (C=O) groups is 3. The van der Waals surface area contributed by atoms with Crippen molar-refractivity contribution in [1.82, 2.24) is 10.3 Å². The average molecular weight is 418 g/mol. The van der Waals surface area contributed by atoms with E-state index in [1.807, 2.05) is 68.4 Å². The van der Waals surface area contributed by atoms with Crippen molar-refractivity contribution in [3.63, 3.8) is 0 Å². The third kappa shape index (κ3) is 5.34. The molecule has 1 aromatic heterocycles. The Kier molecular flexibility index (Phi) is 7.13. The van der Waals surface area contributed by atoms with Gasteiger partial charge < -0.3 is 10.1 Å². The fraction of sp³-hybridized carbons (Fsp3) is 0.280. The second-order valence-corrected chi connectivity index (χ2v) is 7.43. The first-order chi connectivity index (χ1) is 14.9. The van der Waals surface area contributed by atoms with Crippen molar-refractivity contribution in [2.75, 3.05) is 6.61 Å². The van der Waals surface area contributed by atoms with Gasteiger partial charge in [0.2, 0.25) is 0 Å². The fourth-order valence-electron chi connectivity index (χ4n) is 3.55. The highest BCUT2D eigenvalue weighted by molar-refractivity contribution is 6.05. The highest BCUT2D eigenvalue weighted by atomic mass is 16.5. The molecule has 160 valence electrons. The molecule has 1 N–H and O–H groups in total. The Hall–Kier alpha value is -3.54. The number of ketones is 1. The van der Waals surface area contributed by atoms with Crippen LogP contribution in [0.25, 0.3) is 10.9 Å². The van der Waals surface area contributed by atoms with Gasteiger partial charge in [-0.3, -0.25) is 14.6 Å². The van der Waals surface area contributed by atoms with E-state index in [2.05, 4.69) is 10.3 Å². The third-order valence-corrected chi connectivity index (χ3v) is 5.22. The molecular formula is C25H26N2O4. The van der Waals surface area contributed by atoms with Crippen LogP contribution in [0.3, 0.4) is 0 Å². The van der Waals surface area contributed by atoms with Gasteiger partial charge in [0, 0.05) is 11.1 Å². The van der Waals surface area contributed by atoms with Gasteiger partial charge in [-0.05, 0) is 43.9 Å². The van der Waals surface area contributed by atoms with Gasteiger partial charge >= 0.3 is 5.97 Å². The summed E-state index contributed by atoms with van der Waals surface area (Å²) in [6, 6.07) is 16.1.